The maximum Gasteiger partial charge on any atom is 0.262 e. The zero-order chi connectivity index (χ0) is 18.1. The van der Waals surface area contributed by atoms with Crippen LogP contribution in [0.5, 0.6) is 5.75 Å². The molecule has 0 aliphatic carbocycles. The molecule has 1 aromatic carbocycles. The smallest absolute Gasteiger partial charge is 0.262 e. The summed E-state index contributed by atoms with van der Waals surface area (Å²) in [4.78, 5) is 19.1. The molecule has 4 aromatic rings. The summed E-state index contributed by atoms with van der Waals surface area (Å²) in [5, 5.41) is 23.1. The predicted octanol–water partition coefficient (Wildman–Crippen LogP) is 3.33. The summed E-state index contributed by atoms with van der Waals surface area (Å²) in [6.45, 7) is 0. The molecule has 0 amide bonds. The topological polar surface area (TPSA) is 109 Å². The molecule has 0 atom stereocenters. The number of aliphatic imine (C=N–C) groups is 1. The zero-order valence-corrected chi connectivity index (χ0v) is 13.3. The first-order chi connectivity index (χ1) is 12.6. The molecular weight excluding hydrogens is 336 g/mol. The van der Waals surface area contributed by atoms with Gasteiger partial charge in [0.15, 0.2) is 17.3 Å². The van der Waals surface area contributed by atoms with Crippen molar-refractivity contribution in [3.8, 4) is 17.2 Å². The highest BCUT2D eigenvalue weighted by atomic mass is 16.6. The number of nitro benzene ring substituents is 1. The van der Waals surface area contributed by atoms with E-state index >= 15 is 0 Å². The number of pyridine rings is 1. The second kappa shape index (κ2) is 6.17. The van der Waals surface area contributed by atoms with Gasteiger partial charge in [-0.05, 0) is 35.6 Å². The second-order valence-corrected chi connectivity index (χ2v) is 5.40. The third kappa shape index (κ3) is 2.59. The maximum atomic E-state index is 12.2. The van der Waals surface area contributed by atoms with Crippen molar-refractivity contribution in [3.05, 3.63) is 76.7 Å². The lowest BCUT2D eigenvalue weighted by Crippen LogP contribution is -2.01. The van der Waals surface area contributed by atoms with Gasteiger partial charge in [-0.25, -0.2) is 9.98 Å². The number of fused-ring (bicyclic) bond motifs is 1. The first-order valence-electron chi connectivity index (χ1n) is 7.64. The van der Waals surface area contributed by atoms with Gasteiger partial charge in [0.25, 0.3) is 5.69 Å². The molecule has 8 heteroatoms. The SMILES string of the molecule is O=[N+]([O-])c1cccc(C=Nc2c(-c3ccco3)nc3ccccn23)c1[O-]. The largest absolute Gasteiger partial charge is 0.867 e. The Kier molecular flexibility index (Phi) is 3.70. The average molecular weight is 347 g/mol. The Morgan fingerprint density at radius 1 is 1.15 bits per heavy atom. The number of para-hydroxylation sites is 1. The number of rotatable bonds is 4. The third-order valence-electron chi connectivity index (χ3n) is 3.81. The summed E-state index contributed by atoms with van der Waals surface area (Å²) < 4.78 is 7.16. The lowest BCUT2D eigenvalue weighted by atomic mass is 10.2. The van der Waals surface area contributed by atoms with Crippen LogP contribution in [-0.2, 0) is 0 Å². The fourth-order valence-electron chi connectivity index (χ4n) is 2.60. The zero-order valence-electron chi connectivity index (χ0n) is 13.3. The van der Waals surface area contributed by atoms with Crippen molar-refractivity contribution < 1.29 is 14.4 Å². The standard InChI is InChI=1S/C18H12N4O4/c23-17-12(5-3-6-13(17)22(24)25)11-19-18-16(14-7-4-10-26-14)20-15-8-1-2-9-21(15)18/h1-11,23H/p-1. The average Bonchev–Trinajstić information content (AvgIpc) is 3.28. The Hall–Kier alpha value is -3.94. The van der Waals surface area contributed by atoms with Crippen LogP contribution in [0, 0.1) is 10.1 Å². The highest BCUT2D eigenvalue weighted by Gasteiger charge is 2.15. The van der Waals surface area contributed by atoms with E-state index in [1.54, 1.807) is 22.7 Å². The van der Waals surface area contributed by atoms with E-state index in [0.717, 1.165) is 0 Å². The molecule has 0 aliphatic rings. The van der Waals surface area contributed by atoms with Gasteiger partial charge in [0.1, 0.15) is 5.65 Å². The highest BCUT2D eigenvalue weighted by Crippen LogP contribution is 2.32. The summed E-state index contributed by atoms with van der Waals surface area (Å²) in [5.74, 6) is 0.304. The second-order valence-electron chi connectivity index (χ2n) is 5.40. The van der Waals surface area contributed by atoms with Gasteiger partial charge in [0.05, 0.1) is 11.2 Å². The Morgan fingerprint density at radius 3 is 2.81 bits per heavy atom. The van der Waals surface area contributed by atoms with Gasteiger partial charge in [-0.1, -0.05) is 18.2 Å². The van der Waals surface area contributed by atoms with E-state index in [2.05, 4.69) is 9.98 Å². The minimum atomic E-state index is -0.706. The van der Waals surface area contributed by atoms with Crippen molar-refractivity contribution >= 4 is 23.4 Å². The van der Waals surface area contributed by atoms with Crippen molar-refractivity contribution in [1.82, 2.24) is 9.38 Å². The van der Waals surface area contributed by atoms with Crippen molar-refractivity contribution in [1.29, 1.82) is 0 Å². The van der Waals surface area contributed by atoms with E-state index in [1.165, 1.54) is 30.7 Å². The van der Waals surface area contributed by atoms with Crippen LogP contribution in [0.15, 0.2) is 70.4 Å². The van der Waals surface area contributed by atoms with E-state index in [1.807, 2.05) is 18.2 Å². The number of nitrogens with zero attached hydrogens (tertiary/aromatic N) is 4. The van der Waals surface area contributed by atoms with E-state index in [-0.39, 0.29) is 5.56 Å². The molecule has 0 fully saturated rings. The molecule has 0 spiro atoms. The summed E-state index contributed by atoms with van der Waals surface area (Å²) in [5.41, 5.74) is 0.802. The molecule has 26 heavy (non-hydrogen) atoms. The summed E-state index contributed by atoms with van der Waals surface area (Å²) in [7, 11) is 0. The number of nitro groups is 1. The molecule has 0 bridgehead atoms. The number of imidazole rings is 1. The van der Waals surface area contributed by atoms with Gasteiger partial charge >= 0.3 is 0 Å². The van der Waals surface area contributed by atoms with Crippen LogP contribution >= 0.6 is 0 Å². The highest BCUT2D eigenvalue weighted by molar-refractivity contribution is 5.88. The minimum absolute atomic E-state index is 0.121. The van der Waals surface area contributed by atoms with Crippen molar-refractivity contribution in [3.63, 3.8) is 0 Å². The fraction of sp³-hybridized carbons (Fsp3) is 0. The molecule has 3 aromatic heterocycles. The molecule has 0 saturated carbocycles. The van der Waals surface area contributed by atoms with Crippen LogP contribution < -0.4 is 5.11 Å². The summed E-state index contributed by atoms with van der Waals surface area (Å²) in [6, 6.07) is 13.1. The van der Waals surface area contributed by atoms with E-state index in [0.29, 0.717) is 22.9 Å². The lowest BCUT2D eigenvalue weighted by Gasteiger charge is -2.09. The minimum Gasteiger partial charge on any atom is -0.867 e. The first-order valence-corrected chi connectivity index (χ1v) is 7.64. The van der Waals surface area contributed by atoms with Gasteiger partial charge in [0.2, 0.25) is 0 Å². The van der Waals surface area contributed by atoms with Crippen molar-refractivity contribution in [2.75, 3.05) is 0 Å². The molecule has 3 heterocycles. The van der Waals surface area contributed by atoms with Gasteiger partial charge in [-0.3, -0.25) is 14.5 Å². The molecule has 0 N–H and O–H groups in total. The van der Waals surface area contributed by atoms with E-state index in [4.69, 9.17) is 4.42 Å². The first kappa shape index (κ1) is 15.6. The predicted molar refractivity (Wildman–Crippen MR) is 92.7 cm³/mol. The molecule has 8 nitrogen and oxygen atoms in total. The summed E-state index contributed by atoms with van der Waals surface area (Å²) >= 11 is 0. The molecule has 0 unspecified atom stereocenters. The molecule has 4 rings (SSSR count). The van der Waals surface area contributed by atoms with Crippen LogP contribution in [0.1, 0.15) is 5.56 Å². The van der Waals surface area contributed by atoms with E-state index in [9.17, 15) is 15.2 Å². The monoisotopic (exact) mass is 347 g/mol. The fourth-order valence-corrected chi connectivity index (χ4v) is 2.60. The van der Waals surface area contributed by atoms with Gasteiger partial charge in [-0.15, -0.1) is 0 Å². The van der Waals surface area contributed by atoms with Gasteiger partial charge in [-0.2, -0.15) is 0 Å². The van der Waals surface area contributed by atoms with Crippen molar-refractivity contribution in [2.24, 2.45) is 4.99 Å². The Balaban J connectivity index is 1.85. The number of hydrogen-bond donors (Lipinski definition) is 0. The van der Waals surface area contributed by atoms with Crippen molar-refractivity contribution in [2.45, 2.75) is 0 Å². The van der Waals surface area contributed by atoms with Crippen LogP contribution in [0.2, 0.25) is 0 Å². The number of aromatic nitrogens is 2. The molecule has 0 radical (unpaired) electrons. The van der Waals surface area contributed by atoms with Crippen LogP contribution in [0.25, 0.3) is 17.1 Å². The Labute approximate surface area is 146 Å². The third-order valence-corrected chi connectivity index (χ3v) is 3.81. The maximum absolute atomic E-state index is 12.2. The van der Waals surface area contributed by atoms with Gasteiger partial charge in [0, 0.05) is 18.5 Å². The van der Waals surface area contributed by atoms with Crippen LogP contribution in [0.4, 0.5) is 11.5 Å². The Morgan fingerprint density at radius 2 is 2.04 bits per heavy atom. The van der Waals surface area contributed by atoms with Gasteiger partial charge < -0.3 is 9.52 Å². The molecule has 0 aliphatic heterocycles. The molecule has 0 saturated heterocycles. The lowest BCUT2D eigenvalue weighted by molar-refractivity contribution is -0.398. The molecular formula is C18H11N4O4-. The van der Waals surface area contributed by atoms with Crippen LogP contribution in [0.3, 0.4) is 0 Å². The number of hydrogen-bond acceptors (Lipinski definition) is 6. The molecule has 128 valence electrons. The summed E-state index contributed by atoms with van der Waals surface area (Å²) in [6.07, 6.45) is 4.62. The van der Waals surface area contributed by atoms with Crippen LogP contribution in [-0.4, -0.2) is 20.5 Å². The number of furan rings is 1. The normalized spacial score (nSPS) is 11.4. The Bertz CT molecular complexity index is 1130. The quantitative estimate of drug-likeness (QED) is 0.319. The number of benzene rings is 1. The van der Waals surface area contributed by atoms with E-state index < -0.39 is 16.4 Å².